The summed E-state index contributed by atoms with van der Waals surface area (Å²) in [4.78, 5) is 22.5. The Morgan fingerprint density at radius 1 is 0.656 bits per heavy atom. The van der Waals surface area contributed by atoms with Crippen LogP contribution in [0.15, 0.2) is 106 Å². The molecule has 7 heterocycles. The molecule has 0 radical (unpaired) electrons. The number of hydrogen-bond donors (Lipinski definition) is 2. The lowest BCUT2D eigenvalue weighted by molar-refractivity contribution is 0.0842. The van der Waals surface area contributed by atoms with E-state index in [2.05, 4.69) is 19.8 Å². The van der Waals surface area contributed by atoms with Crippen LogP contribution in [0, 0.1) is 0 Å². The number of anilines is 2. The van der Waals surface area contributed by atoms with Crippen molar-refractivity contribution in [1.29, 1.82) is 0 Å². The van der Waals surface area contributed by atoms with Crippen LogP contribution in [-0.2, 0) is 18.8 Å². The van der Waals surface area contributed by atoms with Gasteiger partial charge in [0.15, 0.2) is 28.6 Å². The molecular formula is C45H44BClN6O8. The molecule has 1 unspecified atom stereocenters. The second-order valence-electron chi connectivity index (χ2n) is 15.4. The maximum atomic E-state index is 9.84. The van der Waals surface area contributed by atoms with Gasteiger partial charge in [-0.05, 0) is 86.4 Å². The standard InChI is InChI=1S/C20H17N3O3.C14H12ClN3O2.C11H15BO3/c24-14-5-3-4-13(12-14)19-21-17-15-6-1-2-7-16(15)26-18(17)20(22-19)23-8-10-25-11-9-23;15-14-16-11-9-3-1-2-4-10(9)20-12(11)13(17-14)18-5-7-19-8-6-18;1-8-11(2,3)15-12(14-8)9-5-4-6-10(13)7-9/h1-7,12,24H,8-11H2;1-4H,5-8H2;4-8,13H,1-3H3. The molecule has 14 nitrogen and oxygen atoms in total. The smallest absolute Gasteiger partial charge is 0.494 e. The highest BCUT2D eigenvalue weighted by atomic mass is 35.5. The van der Waals surface area contributed by atoms with Crippen LogP contribution in [0.5, 0.6) is 11.5 Å². The van der Waals surface area contributed by atoms with Gasteiger partial charge in [0.1, 0.15) is 33.7 Å². The molecule has 0 saturated carbocycles. The zero-order valence-electron chi connectivity index (χ0n) is 34.0. The van der Waals surface area contributed by atoms with Gasteiger partial charge in [-0.15, -0.1) is 0 Å². The summed E-state index contributed by atoms with van der Waals surface area (Å²) in [5, 5.41) is 21.4. The van der Waals surface area contributed by atoms with Crippen molar-refractivity contribution in [2.24, 2.45) is 0 Å². The van der Waals surface area contributed by atoms with Crippen molar-refractivity contribution in [2.45, 2.75) is 32.5 Å². The molecule has 0 amide bonds. The molecule has 3 saturated heterocycles. The van der Waals surface area contributed by atoms with Crippen molar-refractivity contribution in [2.75, 3.05) is 62.4 Å². The lowest BCUT2D eigenvalue weighted by Crippen LogP contribution is -2.37. The minimum absolute atomic E-state index is 0.0462. The lowest BCUT2D eigenvalue weighted by atomic mass is 9.79. The first kappa shape index (κ1) is 40.4. The van der Waals surface area contributed by atoms with Gasteiger partial charge >= 0.3 is 7.12 Å². The van der Waals surface area contributed by atoms with Crippen LogP contribution in [-0.4, -0.2) is 102 Å². The van der Waals surface area contributed by atoms with Gasteiger partial charge in [0.05, 0.1) is 38.1 Å². The van der Waals surface area contributed by atoms with Crippen molar-refractivity contribution in [1.82, 2.24) is 19.9 Å². The monoisotopic (exact) mass is 842 g/mol. The minimum Gasteiger partial charge on any atom is -0.508 e. The van der Waals surface area contributed by atoms with Crippen molar-refractivity contribution in [3.05, 3.63) is 102 Å². The predicted molar refractivity (Wildman–Crippen MR) is 236 cm³/mol. The fourth-order valence-electron chi connectivity index (χ4n) is 7.45. The van der Waals surface area contributed by atoms with Crippen molar-refractivity contribution < 1.29 is 37.8 Å². The molecule has 4 aromatic heterocycles. The third kappa shape index (κ3) is 8.52. The molecular weight excluding hydrogens is 799 g/mol. The third-order valence-corrected chi connectivity index (χ3v) is 11.1. The first-order valence-electron chi connectivity index (χ1n) is 20.2. The molecule has 3 fully saturated rings. The van der Waals surface area contributed by atoms with E-state index in [4.69, 9.17) is 49.2 Å². The Bertz CT molecular complexity index is 2820. The van der Waals surface area contributed by atoms with E-state index >= 15 is 0 Å². The maximum Gasteiger partial charge on any atom is 0.494 e. The second kappa shape index (κ2) is 17.2. The van der Waals surface area contributed by atoms with Crippen LogP contribution in [0.3, 0.4) is 0 Å². The van der Waals surface area contributed by atoms with Crippen molar-refractivity contribution in [3.8, 4) is 22.9 Å². The Kier molecular flexibility index (Phi) is 11.4. The zero-order valence-corrected chi connectivity index (χ0v) is 34.7. The van der Waals surface area contributed by atoms with Gasteiger partial charge in [-0.25, -0.2) is 15.0 Å². The van der Waals surface area contributed by atoms with Crippen LogP contribution in [0.2, 0.25) is 5.28 Å². The van der Waals surface area contributed by atoms with Gasteiger partial charge in [-0.3, -0.25) is 0 Å². The highest BCUT2D eigenvalue weighted by Crippen LogP contribution is 2.36. The second-order valence-corrected chi connectivity index (χ2v) is 15.8. The normalized spacial score (nSPS) is 17.7. The van der Waals surface area contributed by atoms with E-state index in [9.17, 15) is 10.2 Å². The number of fused-ring (bicyclic) bond motifs is 6. The largest absolute Gasteiger partial charge is 0.508 e. The fourth-order valence-corrected chi connectivity index (χ4v) is 7.61. The predicted octanol–water partition coefficient (Wildman–Crippen LogP) is 7.75. The molecule has 0 aliphatic carbocycles. The number of phenols is 2. The van der Waals surface area contributed by atoms with E-state index in [-0.39, 0.29) is 35.6 Å². The van der Waals surface area contributed by atoms with E-state index in [1.54, 1.807) is 36.4 Å². The molecule has 3 aliphatic rings. The zero-order chi connectivity index (χ0) is 42.1. The molecule has 2 N–H and O–H groups in total. The topological polar surface area (TPSA) is 162 Å². The van der Waals surface area contributed by atoms with Crippen LogP contribution >= 0.6 is 11.6 Å². The first-order chi connectivity index (χ1) is 29.6. The average molecular weight is 843 g/mol. The molecule has 8 aromatic rings. The quantitative estimate of drug-likeness (QED) is 0.131. The Balaban J connectivity index is 0.000000122. The molecule has 16 heteroatoms. The molecule has 312 valence electrons. The summed E-state index contributed by atoms with van der Waals surface area (Å²) in [6.07, 6.45) is 0.0462. The number of para-hydroxylation sites is 2. The SMILES string of the molecule is CC1OB(c2cccc(O)c2)OC1(C)C.Clc1nc(N2CCOCC2)c2oc3ccccc3c2n1.Oc1cccc(-c2nc(N3CCOCC3)c3oc4ccccc4c3n2)c1. The Labute approximate surface area is 356 Å². The van der Waals surface area contributed by atoms with Crippen molar-refractivity contribution >= 4 is 80.0 Å². The van der Waals surface area contributed by atoms with Gasteiger partial charge in [-0.1, -0.05) is 48.5 Å². The summed E-state index contributed by atoms with van der Waals surface area (Å²) >= 11 is 6.08. The van der Waals surface area contributed by atoms with Gasteiger partial charge in [0, 0.05) is 42.5 Å². The van der Waals surface area contributed by atoms with Crippen LogP contribution in [0.4, 0.5) is 11.6 Å². The number of hydrogen-bond acceptors (Lipinski definition) is 14. The number of rotatable bonds is 4. The van der Waals surface area contributed by atoms with E-state index < -0.39 is 0 Å². The molecule has 0 spiro atoms. The summed E-state index contributed by atoms with van der Waals surface area (Å²) in [6.45, 7) is 11.7. The summed E-state index contributed by atoms with van der Waals surface area (Å²) < 4.78 is 34.3. The van der Waals surface area contributed by atoms with Gasteiger partial charge < -0.3 is 47.6 Å². The van der Waals surface area contributed by atoms with Crippen LogP contribution < -0.4 is 15.3 Å². The van der Waals surface area contributed by atoms with E-state index in [1.807, 2.05) is 81.4 Å². The molecule has 0 bridgehead atoms. The molecule has 61 heavy (non-hydrogen) atoms. The van der Waals surface area contributed by atoms with E-state index in [0.29, 0.717) is 43.4 Å². The summed E-state index contributed by atoms with van der Waals surface area (Å²) in [5.74, 6) is 2.52. The minimum atomic E-state index is -0.373. The number of halogens is 1. The number of morpholine rings is 2. The maximum absolute atomic E-state index is 9.84. The number of ether oxygens (including phenoxy) is 2. The summed E-state index contributed by atoms with van der Waals surface area (Å²) in [5.41, 5.74) is 5.87. The third-order valence-electron chi connectivity index (χ3n) is 11.0. The number of aromatic nitrogens is 4. The first-order valence-corrected chi connectivity index (χ1v) is 20.6. The Morgan fingerprint density at radius 3 is 1.75 bits per heavy atom. The highest BCUT2D eigenvalue weighted by molar-refractivity contribution is 6.62. The van der Waals surface area contributed by atoms with Gasteiger partial charge in [0.25, 0.3) is 0 Å². The van der Waals surface area contributed by atoms with Crippen molar-refractivity contribution in [3.63, 3.8) is 0 Å². The molecule has 4 aromatic carbocycles. The fraction of sp³-hybridized carbons (Fsp3) is 0.289. The summed E-state index contributed by atoms with van der Waals surface area (Å²) in [6, 6.07) is 29.6. The number of phenolic OH excluding ortho intramolecular Hbond substituents is 2. The van der Waals surface area contributed by atoms with Gasteiger partial charge in [-0.2, -0.15) is 4.98 Å². The number of benzene rings is 4. The van der Waals surface area contributed by atoms with Crippen LogP contribution in [0.1, 0.15) is 20.8 Å². The number of furan rings is 2. The van der Waals surface area contributed by atoms with E-state index in [0.717, 1.165) is 81.8 Å². The Morgan fingerprint density at radius 2 is 1.20 bits per heavy atom. The number of aromatic hydroxyl groups is 2. The average Bonchev–Trinajstić information content (AvgIpc) is 3.94. The Hall–Kier alpha value is -5.97. The number of nitrogens with zero attached hydrogens (tertiary/aromatic N) is 6. The van der Waals surface area contributed by atoms with Crippen LogP contribution in [0.25, 0.3) is 55.5 Å². The lowest BCUT2D eigenvalue weighted by Gasteiger charge is -2.27. The molecule has 11 rings (SSSR count). The molecule has 3 aliphatic heterocycles. The van der Waals surface area contributed by atoms with Gasteiger partial charge in [0.2, 0.25) is 5.28 Å². The highest BCUT2D eigenvalue weighted by Gasteiger charge is 2.43. The van der Waals surface area contributed by atoms with E-state index in [1.165, 1.54) is 0 Å². The molecule has 1 atom stereocenters. The summed E-state index contributed by atoms with van der Waals surface area (Å²) in [7, 11) is -0.373.